The second kappa shape index (κ2) is 6.93. The van der Waals surface area contributed by atoms with Gasteiger partial charge in [-0.25, -0.2) is 0 Å². The van der Waals surface area contributed by atoms with Crippen molar-refractivity contribution in [2.75, 3.05) is 12.5 Å². The summed E-state index contributed by atoms with van der Waals surface area (Å²) >= 11 is 0. The van der Waals surface area contributed by atoms with E-state index < -0.39 is 33.1 Å². The van der Waals surface area contributed by atoms with Crippen molar-refractivity contribution in [3.63, 3.8) is 0 Å². The third-order valence-electron chi connectivity index (χ3n) is 2.44. The fourth-order valence-corrected chi connectivity index (χ4v) is 1.34. The van der Waals surface area contributed by atoms with Crippen molar-refractivity contribution in [2.45, 2.75) is 6.92 Å². The van der Waals surface area contributed by atoms with Crippen molar-refractivity contribution >= 4 is 29.2 Å². The summed E-state index contributed by atoms with van der Waals surface area (Å²) in [5.74, 6) is -1.15. The van der Waals surface area contributed by atoms with E-state index in [1.165, 1.54) is 20.2 Å². The number of nitrogens with one attached hydrogen (secondary N) is 1. The maximum Gasteiger partial charge on any atom is 0.313 e. The van der Waals surface area contributed by atoms with Crippen LogP contribution in [0.4, 0.5) is 17.1 Å². The van der Waals surface area contributed by atoms with Crippen LogP contribution in [0, 0.1) is 26.1 Å². The van der Waals surface area contributed by atoms with Gasteiger partial charge >= 0.3 is 11.7 Å². The zero-order valence-electron chi connectivity index (χ0n) is 11.2. The monoisotopic (exact) mass is 296 g/mol. The molecule has 10 nitrogen and oxygen atoms in total. The maximum atomic E-state index is 11.1. The van der Waals surface area contributed by atoms with Gasteiger partial charge in [-0.2, -0.15) is 5.10 Å². The van der Waals surface area contributed by atoms with Crippen LogP contribution in [-0.4, -0.2) is 29.1 Å². The first-order valence-corrected chi connectivity index (χ1v) is 5.66. The van der Waals surface area contributed by atoms with E-state index in [0.717, 1.165) is 18.2 Å². The molecule has 0 saturated carbocycles. The number of nitro groups is 2. The number of benzene rings is 1. The lowest BCUT2D eigenvalue weighted by Gasteiger charge is -2.04. The minimum absolute atomic E-state index is 0.0288. The van der Waals surface area contributed by atoms with Gasteiger partial charge in [-0.05, 0) is 13.0 Å². The van der Waals surface area contributed by atoms with E-state index in [2.05, 4.69) is 15.3 Å². The summed E-state index contributed by atoms with van der Waals surface area (Å²) in [5.41, 5.74) is 1.44. The Morgan fingerprint density at radius 3 is 2.57 bits per heavy atom. The van der Waals surface area contributed by atoms with Crippen LogP contribution in [0.2, 0.25) is 0 Å². The van der Waals surface area contributed by atoms with E-state index >= 15 is 0 Å². The molecule has 1 atom stereocenters. The molecular weight excluding hydrogens is 284 g/mol. The molecule has 1 unspecified atom stereocenters. The Labute approximate surface area is 118 Å². The number of non-ortho nitro benzene ring substituents is 1. The number of carbonyl (C=O) groups is 1. The van der Waals surface area contributed by atoms with Gasteiger partial charge < -0.3 is 4.74 Å². The fraction of sp³-hybridized carbons (Fsp3) is 0.273. The van der Waals surface area contributed by atoms with Crippen molar-refractivity contribution in [3.8, 4) is 0 Å². The van der Waals surface area contributed by atoms with E-state index in [9.17, 15) is 25.0 Å². The summed E-state index contributed by atoms with van der Waals surface area (Å²) < 4.78 is 4.48. The maximum absolute atomic E-state index is 11.1. The number of carbonyl (C=O) groups excluding carboxylic acids is 1. The normalized spacial score (nSPS) is 11.9. The van der Waals surface area contributed by atoms with Crippen LogP contribution < -0.4 is 5.43 Å². The molecule has 0 spiro atoms. The van der Waals surface area contributed by atoms with Gasteiger partial charge in [0.05, 0.1) is 28.9 Å². The number of ether oxygens (including phenoxy) is 1. The molecule has 0 aliphatic heterocycles. The average molecular weight is 296 g/mol. The average Bonchev–Trinajstić information content (AvgIpc) is 2.45. The summed E-state index contributed by atoms with van der Waals surface area (Å²) in [6, 6.07) is 3.09. The van der Waals surface area contributed by atoms with Crippen molar-refractivity contribution in [2.24, 2.45) is 11.0 Å². The Bertz CT molecular complexity index is 600. The highest BCUT2D eigenvalue weighted by molar-refractivity contribution is 5.89. The summed E-state index contributed by atoms with van der Waals surface area (Å²) in [6.07, 6.45) is 1.21. The molecule has 0 amide bonds. The predicted octanol–water partition coefficient (Wildman–Crippen LogP) is 1.71. The molecule has 0 fully saturated rings. The molecule has 0 aromatic heterocycles. The smallest absolute Gasteiger partial charge is 0.313 e. The largest absolute Gasteiger partial charge is 0.469 e. The third kappa shape index (κ3) is 4.23. The van der Waals surface area contributed by atoms with Gasteiger partial charge in [0, 0.05) is 12.3 Å². The van der Waals surface area contributed by atoms with E-state index in [1.54, 1.807) is 0 Å². The topological polar surface area (TPSA) is 137 Å². The van der Waals surface area contributed by atoms with Crippen molar-refractivity contribution in [3.05, 3.63) is 38.4 Å². The number of rotatable bonds is 6. The number of nitrogens with zero attached hydrogens (tertiary/aromatic N) is 3. The molecule has 0 heterocycles. The minimum atomic E-state index is -0.769. The molecule has 0 radical (unpaired) electrons. The lowest BCUT2D eigenvalue weighted by atomic mass is 10.2. The zero-order chi connectivity index (χ0) is 16.0. The van der Waals surface area contributed by atoms with Crippen LogP contribution >= 0.6 is 0 Å². The summed E-state index contributed by atoms with van der Waals surface area (Å²) in [4.78, 5) is 31.1. The number of hydrogen-bond acceptors (Lipinski definition) is 8. The summed E-state index contributed by atoms with van der Waals surface area (Å²) in [5, 5.41) is 25.1. The quantitative estimate of drug-likeness (QED) is 0.365. The Balaban J connectivity index is 2.93. The first kappa shape index (κ1) is 16.0. The van der Waals surface area contributed by atoms with Crippen LogP contribution in [-0.2, 0) is 9.53 Å². The van der Waals surface area contributed by atoms with Crippen LogP contribution in [0.15, 0.2) is 23.3 Å². The number of hydrogen-bond donors (Lipinski definition) is 1. The molecule has 21 heavy (non-hydrogen) atoms. The Morgan fingerprint density at radius 2 is 2.05 bits per heavy atom. The van der Waals surface area contributed by atoms with Gasteiger partial charge in [0.15, 0.2) is 0 Å². The molecule has 0 aliphatic rings. The lowest BCUT2D eigenvalue weighted by molar-refractivity contribution is -0.393. The molecule has 1 N–H and O–H groups in total. The highest BCUT2D eigenvalue weighted by atomic mass is 16.6. The first-order valence-electron chi connectivity index (χ1n) is 5.66. The molecule has 10 heteroatoms. The predicted molar refractivity (Wildman–Crippen MR) is 73.0 cm³/mol. The molecule has 112 valence electrons. The van der Waals surface area contributed by atoms with E-state index in [0.29, 0.717) is 0 Å². The van der Waals surface area contributed by atoms with Crippen molar-refractivity contribution in [1.29, 1.82) is 0 Å². The van der Waals surface area contributed by atoms with Gasteiger partial charge in [-0.3, -0.25) is 30.4 Å². The van der Waals surface area contributed by atoms with Gasteiger partial charge in [-0.1, -0.05) is 0 Å². The fourth-order valence-electron chi connectivity index (χ4n) is 1.34. The lowest BCUT2D eigenvalue weighted by Crippen LogP contribution is -2.14. The Morgan fingerprint density at radius 1 is 1.38 bits per heavy atom. The highest BCUT2D eigenvalue weighted by Crippen LogP contribution is 2.28. The second-order valence-corrected chi connectivity index (χ2v) is 3.92. The third-order valence-corrected chi connectivity index (χ3v) is 2.44. The Hall–Kier alpha value is -3.04. The molecule has 1 aromatic rings. The van der Waals surface area contributed by atoms with Gasteiger partial charge in [0.2, 0.25) is 0 Å². The van der Waals surface area contributed by atoms with E-state index in [1.807, 2.05) is 0 Å². The Kier molecular flexibility index (Phi) is 5.29. The molecule has 0 bridgehead atoms. The summed E-state index contributed by atoms with van der Waals surface area (Å²) in [7, 11) is 1.22. The molecule has 1 aromatic carbocycles. The zero-order valence-corrected chi connectivity index (χ0v) is 11.2. The van der Waals surface area contributed by atoms with Crippen molar-refractivity contribution in [1.82, 2.24) is 0 Å². The SMILES string of the molecule is COC(=O)C(C)C=NNc1ccc([N+](=O)[O-])cc1[N+](=O)[O-]. The van der Waals surface area contributed by atoms with Gasteiger partial charge in [0.1, 0.15) is 5.69 Å². The molecule has 1 rings (SSSR count). The first-order chi connectivity index (χ1) is 9.86. The highest BCUT2D eigenvalue weighted by Gasteiger charge is 2.19. The summed E-state index contributed by atoms with van der Waals surface area (Å²) in [6.45, 7) is 1.53. The second-order valence-electron chi connectivity index (χ2n) is 3.92. The molecule has 0 saturated heterocycles. The number of hydrazone groups is 1. The number of nitro benzene ring substituents is 2. The van der Waals surface area contributed by atoms with E-state index in [-0.39, 0.29) is 5.69 Å². The van der Waals surface area contributed by atoms with E-state index in [4.69, 9.17) is 0 Å². The van der Waals surface area contributed by atoms with Gasteiger partial charge in [0.25, 0.3) is 5.69 Å². The number of methoxy groups -OCH3 is 1. The van der Waals surface area contributed by atoms with Crippen LogP contribution in [0.5, 0.6) is 0 Å². The van der Waals surface area contributed by atoms with Crippen LogP contribution in [0.1, 0.15) is 6.92 Å². The van der Waals surface area contributed by atoms with Crippen LogP contribution in [0.3, 0.4) is 0 Å². The van der Waals surface area contributed by atoms with Gasteiger partial charge in [-0.15, -0.1) is 0 Å². The minimum Gasteiger partial charge on any atom is -0.469 e. The molecular formula is C11H12N4O6. The number of anilines is 1. The van der Waals surface area contributed by atoms with Crippen molar-refractivity contribution < 1.29 is 19.4 Å². The molecule has 0 aliphatic carbocycles. The number of esters is 1. The van der Waals surface area contributed by atoms with Crippen LogP contribution in [0.25, 0.3) is 0 Å². The standard InChI is InChI=1S/C11H12N4O6/c1-7(11(16)21-2)6-12-13-9-4-3-8(14(17)18)5-10(9)15(19)20/h3-7,13H,1-2H3.